The summed E-state index contributed by atoms with van der Waals surface area (Å²) in [7, 11) is 0. The van der Waals surface area contributed by atoms with Crippen molar-refractivity contribution in [2.24, 2.45) is 0 Å². The van der Waals surface area contributed by atoms with Crippen LogP contribution in [0.2, 0.25) is 0 Å². The fourth-order valence-corrected chi connectivity index (χ4v) is 2.73. The number of aromatic nitrogens is 2. The number of alkyl halides is 3. The van der Waals surface area contributed by atoms with Crippen molar-refractivity contribution in [2.75, 3.05) is 6.54 Å². The molecule has 3 rings (SSSR count). The zero-order valence-corrected chi connectivity index (χ0v) is 11.7. The second-order valence-electron chi connectivity index (χ2n) is 5.11. The summed E-state index contributed by atoms with van der Waals surface area (Å²) < 4.78 is 40.2. The van der Waals surface area contributed by atoms with Gasteiger partial charge in [0.15, 0.2) is 0 Å². The lowest BCUT2D eigenvalue weighted by atomic mass is 10.1. The number of rotatable bonds is 2. The van der Waals surface area contributed by atoms with Crippen molar-refractivity contribution >= 4 is 0 Å². The van der Waals surface area contributed by atoms with Crippen LogP contribution in [0.25, 0.3) is 5.69 Å². The van der Waals surface area contributed by atoms with Gasteiger partial charge in [-0.05, 0) is 24.6 Å². The van der Waals surface area contributed by atoms with Crippen LogP contribution in [-0.4, -0.2) is 16.3 Å². The summed E-state index contributed by atoms with van der Waals surface area (Å²) in [6, 6.07) is 5.35. The summed E-state index contributed by atoms with van der Waals surface area (Å²) in [5.74, 6) is 0. The average Bonchev–Trinajstić information content (AvgIpc) is 2.85. The minimum atomic E-state index is -4.33. The van der Waals surface area contributed by atoms with Gasteiger partial charge in [-0.2, -0.15) is 18.3 Å². The molecule has 0 fully saturated rings. The molecule has 1 aliphatic rings. The highest BCUT2D eigenvalue weighted by molar-refractivity contribution is 5.41. The molecule has 2 aromatic rings. The van der Waals surface area contributed by atoms with Crippen molar-refractivity contribution in [2.45, 2.75) is 32.5 Å². The molecular formula is C15H16F3N3. The van der Waals surface area contributed by atoms with Crippen molar-refractivity contribution in [1.82, 2.24) is 15.1 Å². The molecule has 0 atom stereocenters. The topological polar surface area (TPSA) is 29.9 Å². The third-order valence-electron chi connectivity index (χ3n) is 3.77. The number of benzene rings is 1. The Morgan fingerprint density at radius 3 is 2.86 bits per heavy atom. The quantitative estimate of drug-likeness (QED) is 0.922. The van der Waals surface area contributed by atoms with Gasteiger partial charge >= 0.3 is 6.18 Å². The zero-order valence-electron chi connectivity index (χ0n) is 11.7. The van der Waals surface area contributed by atoms with E-state index in [4.69, 9.17) is 0 Å². The van der Waals surface area contributed by atoms with Gasteiger partial charge in [-0.25, -0.2) is 4.68 Å². The van der Waals surface area contributed by atoms with Crippen LogP contribution in [0, 0.1) is 0 Å². The first-order valence-electron chi connectivity index (χ1n) is 6.98. The summed E-state index contributed by atoms with van der Waals surface area (Å²) in [5, 5.41) is 7.80. The normalized spacial score (nSPS) is 15.0. The summed E-state index contributed by atoms with van der Waals surface area (Å²) in [6.07, 6.45) is -2.78. The highest BCUT2D eigenvalue weighted by Gasteiger charge is 2.31. The molecule has 0 unspecified atom stereocenters. The van der Waals surface area contributed by atoms with Gasteiger partial charge in [0, 0.05) is 25.1 Å². The van der Waals surface area contributed by atoms with Gasteiger partial charge in [-0.15, -0.1) is 0 Å². The van der Waals surface area contributed by atoms with Crippen molar-refractivity contribution in [3.05, 3.63) is 46.8 Å². The lowest BCUT2D eigenvalue weighted by Crippen LogP contribution is -2.25. The molecule has 0 radical (unpaired) electrons. The van der Waals surface area contributed by atoms with Gasteiger partial charge < -0.3 is 5.32 Å². The number of aryl methyl sites for hydroxylation is 1. The SMILES string of the molecule is CCc1nn(-c2cccc(C(F)(F)F)c2)c2c1CNCC2. The van der Waals surface area contributed by atoms with E-state index in [0.29, 0.717) is 5.69 Å². The van der Waals surface area contributed by atoms with Gasteiger partial charge in [-0.1, -0.05) is 13.0 Å². The molecule has 0 saturated carbocycles. The van der Waals surface area contributed by atoms with Crippen LogP contribution in [-0.2, 0) is 25.6 Å². The van der Waals surface area contributed by atoms with E-state index in [-0.39, 0.29) is 0 Å². The fourth-order valence-electron chi connectivity index (χ4n) is 2.73. The highest BCUT2D eigenvalue weighted by Crippen LogP contribution is 2.31. The Kier molecular flexibility index (Phi) is 3.49. The van der Waals surface area contributed by atoms with E-state index in [9.17, 15) is 13.2 Å². The zero-order chi connectivity index (χ0) is 15.0. The number of hydrogen-bond donors (Lipinski definition) is 1. The van der Waals surface area contributed by atoms with E-state index in [1.54, 1.807) is 10.7 Å². The van der Waals surface area contributed by atoms with E-state index >= 15 is 0 Å². The second-order valence-corrected chi connectivity index (χ2v) is 5.11. The Hall–Kier alpha value is -1.82. The average molecular weight is 295 g/mol. The Morgan fingerprint density at radius 1 is 1.33 bits per heavy atom. The summed E-state index contributed by atoms with van der Waals surface area (Å²) in [4.78, 5) is 0. The first kappa shape index (κ1) is 14.1. The van der Waals surface area contributed by atoms with Crippen LogP contribution in [0.3, 0.4) is 0 Å². The monoisotopic (exact) mass is 295 g/mol. The summed E-state index contributed by atoms with van der Waals surface area (Å²) >= 11 is 0. The maximum Gasteiger partial charge on any atom is 0.416 e. The van der Waals surface area contributed by atoms with Crippen molar-refractivity contribution in [1.29, 1.82) is 0 Å². The van der Waals surface area contributed by atoms with E-state index in [1.807, 2.05) is 6.92 Å². The van der Waals surface area contributed by atoms with Gasteiger partial charge in [0.1, 0.15) is 0 Å². The van der Waals surface area contributed by atoms with Gasteiger partial charge in [-0.3, -0.25) is 0 Å². The molecule has 3 nitrogen and oxygen atoms in total. The molecule has 1 aliphatic heterocycles. The molecule has 0 spiro atoms. The van der Waals surface area contributed by atoms with Crippen LogP contribution in [0.15, 0.2) is 24.3 Å². The first-order chi connectivity index (χ1) is 10.0. The minimum absolute atomic E-state index is 0.475. The molecule has 1 N–H and O–H groups in total. The largest absolute Gasteiger partial charge is 0.416 e. The molecule has 1 aromatic heterocycles. The van der Waals surface area contributed by atoms with Crippen LogP contribution >= 0.6 is 0 Å². The number of nitrogens with zero attached hydrogens (tertiary/aromatic N) is 2. The molecule has 2 heterocycles. The van der Waals surface area contributed by atoms with E-state index in [0.717, 1.165) is 55.0 Å². The number of fused-ring (bicyclic) bond motifs is 1. The molecule has 6 heteroatoms. The minimum Gasteiger partial charge on any atom is -0.312 e. The predicted molar refractivity (Wildman–Crippen MR) is 73.4 cm³/mol. The van der Waals surface area contributed by atoms with E-state index in [1.165, 1.54) is 6.07 Å². The summed E-state index contributed by atoms with van der Waals surface area (Å²) in [5.41, 5.74) is 2.93. The van der Waals surface area contributed by atoms with E-state index in [2.05, 4.69) is 10.4 Å². The maximum absolute atomic E-state index is 12.9. The lowest BCUT2D eigenvalue weighted by Gasteiger charge is -2.16. The number of hydrogen-bond acceptors (Lipinski definition) is 2. The Bertz CT molecular complexity index is 659. The molecule has 0 saturated heterocycles. The lowest BCUT2D eigenvalue weighted by molar-refractivity contribution is -0.137. The smallest absolute Gasteiger partial charge is 0.312 e. The van der Waals surface area contributed by atoms with Gasteiger partial charge in [0.2, 0.25) is 0 Å². The maximum atomic E-state index is 12.9. The molecule has 112 valence electrons. The van der Waals surface area contributed by atoms with Crippen LogP contribution in [0.5, 0.6) is 0 Å². The predicted octanol–water partition coefficient (Wildman–Crippen LogP) is 3.10. The molecule has 1 aromatic carbocycles. The molecule has 0 bridgehead atoms. The van der Waals surface area contributed by atoms with Gasteiger partial charge in [0.05, 0.1) is 22.6 Å². The van der Waals surface area contributed by atoms with Crippen LogP contribution in [0.4, 0.5) is 13.2 Å². The van der Waals surface area contributed by atoms with Crippen molar-refractivity contribution < 1.29 is 13.2 Å². The number of halogens is 3. The third-order valence-corrected chi connectivity index (χ3v) is 3.77. The van der Waals surface area contributed by atoms with Crippen molar-refractivity contribution in [3.8, 4) is 5.69 Å². The molecule has 0 amide bonds. The Labute approximate surface area is 120 Å². The summed E-state index contributed by atoms with van der Waals surface area (Å²) in [6.45, 7) is 3.56. The standard InChI is InChI=1S/C15H16F3N3/c1-2-13-12-9-19-7-6-14(12)21(20-13)11-5-3-4-10(8-11)15(16,17)18/h3-5,8,19H,2,6-7,9H2,1H3. The Morgan fingerprint density at radius 2 is 2.14 bits per heavy atom. The fraction of sp³-hybridized carbons (Fsp3) is 0.400. The second kappa shape index (κ2) is 5.18. The molecule has 0 aliphatic carbocycles. The first-order valence-corrected chi connectivity index (χ1v) is 6.98. The van der Waals surface area contributed by atoms with Crippen LogP contribution < -0.4 is 5.32 Å². The number of nitrogens with one attached hydrogen (secondary N) is 1. The Balaban J connectivity index is 2.11. The van der Waals surface area contributed by atoms with Crippen molar-refractivity contribution in [3.63, 3.8) is 0 Å². The highest BCUT2D eigenvalue weighted by atomic mass is 19.4. The molecule has 21 heavy (non-hydrogen) atoms. The van der Waals surface area contributed by atoms with E-state index < -0.39 is 11.7 Å². The third kappa shape index (κ3) is 2.55. The van der Waals surface area contributed by atoms with Crippen LogP contribution in [0.1, 0.15) is 29.4 Å². The van der Waals surface area contributed by atoms with Gasteiger partial charge in [0.25, 0.3) is 0 Å². The molecular weight excluding hydrogens is 279 g/mol.